The number of carbonyl (C=O) groups excluding carboxylic acids is 1. The Labute approximate surface area is 67.1 Å². The molecule has 4 N–H and O–H groups in total. The Bertz CT molecular complexity index is 119. The zero-order chi connectivity index (χ0) is 8.08. The van der Waals surface area contributed by atoms with Crippen LogP contribution in [0, 0.1) is 0 Å². The second-order valence-corrected chi connectivity index (χ2v) is 1.74. The maximum absolute atomic E-state index is 9.00. The molecule has 0 saturated carbocycles. The summed E-state index contributed by atoms with van der Waals surface area (Å²) in [4.78, 5) is 34.6. The zero-order valence-electron chi connectivity index (χ0n) is 4.44. The summed E-state index contributed by atoms with van der Waals surface area (Å²) in [5.41, 5.74) is 8.50. The van der Waals surface area contributed by atoms with Crippen molar-refractivity contribution in [2.75, 3.05) is 0 Å². The maximum atomic E-state index is 9.00. The fourth-order valence-corrected chi connectivity index (χ4v) is 0. The number of amides is 2. The number of carbonyl (C=O) groups is 1. The summed E-state index contributed by atoms with van der Waals surface area (Å²) in [6.45, 7) is 0. The normalized spacial score (nSPS) is 8.30. The van der Waals surface area contributed by atoms with Crippen LogP contribution < -0.4 is 26.1 Å². The van der Waals surface area contributed by atoms with Gasteiger partial charge in [0.15, 0.2) is 0 Å². The molecule has 67 valence electrons. The van der Waals surface area contributed by atoms with Crippen LogP contribution in [0.25, 0.3) is 0 Å². The van der Waals surface area contributed by atoms with E-state index in [0.29, 0.717) is 0 Å². The fourth-order valence-electron chi connectivity index (χ4n) is 0. The molecule has 0 bridgehead atoms. The van der Waals surface area contributed by atoms with E-state index >= 15 is 0 Å². The average Bonchev–Trinajstić information content (AvgIpc) is 1.19. The number of hydrogen-bond donors (Lipinski definition) is 2. The molecule has 0 atom stereocenters. The first-order valence-electron chi connectivity index (χ1n) is 1.51. The molecule has 0 aliphatic heterocycles. The van der Waals surface area contributed by atoms with Gasteiger partial charge in [0.05, 0.1) is 0 Å². The summed E-state index contributed by atoms with van der Waals surface area (Å²) in [5.74, 6) is 0. The largest absolute Gasteiger partial charge is 0.822 e. The molecule has 0 aromatic rings. The average molecular weight is 219 g/mol. The number of primary amides is 2. The van der Waals surface area contributed by atoms with Crippen LogP contribution in [0.1, 0.15) is 0 Å². The number of rotatable bonds is 0. The van der Waals surface area contributed by atoms with Gasteiger partial charge < -0.3 is 30.7 Å². The number of urea groups is 1. The van der Waals surface area contributed by atoms with Crippen molar-refractivity contribution in [3.63, 3.8) is 0 Å². The molecule has 9 heteroatoms. The van der Waals surface area contributed by atoms with Crippen molar-refractivity contribution in [3.8, 4) is 0 Å². The van der Waals surface area contributed by atoms with E-state index < -0.39 is 13.9 Å². The van der Waals surface area contributed by atoms with Crippen molar-refractivity contribution in [1.82, 2.24) is 0 Å². The van der Waals surface area contributed by atoms with Crippen LogP contribution >= 0.6 is 7.82 Å². The van der Waals surface area contributed by atoms with Gasteiger partial charge in [-0.3, -0.25) is 0 Å². The predicted molar refractivity (Wildman–Crippen MR) is 21.4 cm³/mol. The predicted octanol–water partition coefficient (Wildman–Crippen LogP) is -3.80. The minimum atomic E-state index is -5.39. The molecule has 1 radical (unpaired) electrons. The van der Waals surface area contributed by atoms with Gasteiger partial charge in [-0.25, -0.2) is 4.79 Å². The number of nitrogens with two attached hydrogens (primary N) is 2. The van der Waals surface area contributed by atoms with E-state index in [1.807, 2.05) is 0 Å². The van der Waals surface area contributed by atoms with Gasteiger partial charge in [0.1, 0.15) is 0 Å². The Kier molecular flexibility index (Phi) is 11.5. The number of hydrogen-bond acceptors (Lipinski definition) is 5. The first-order chi connectivity index (χ1) is 3.73. The third-order valence-electron chi connectivity index (χ3n) is 0. The summed E-state index contributed by atoms with van der Waals surface area (Å²) in [6.07, 6.45) is 0. The molecule has 7 nitrogen and oxygen atoms in total. The van der Waals surface area contributed by atoms with Gasteiger partial charge in [-0.2, -0.15) is 7.82 Å². The van der Waals surface area contributed by atoms with E-state index in [1.165, 1.54) is 0 Å². The molecular weight excluding hydrogens is 215 g/mol. The Morgan fingerprint density at radius 2 is 1.20 bits per heavy atom. The zero-order valence-corrected chi connectivity index (χ0v) is 6.28. The molecule has 0 unspecified atom stereocenters. The van der Waals surface area contributed by atoms with Gasteiger partial charge in [-0.1, -0.05) is 0 Å². The quantitative estimate of drug-likeness (QED) is 0.315. The third kappa shape index (κ3) is 37200. The Hall–Kier alpha value is -0.101. The second kappa shape index (κ2) is 7.01. The van der Waals surface area contributed by atoms with Crippen LogP contribution in [-0.4, -0.2) is 6.03 Å². The topological polar surface area (TPSA) is 155 Å². The van der Waals surface area contributed by atoms with Crippen LogP contribution in [0.5, 0.6) is 0 Å². The molecule has 0 aromatic heterocycles. The maximum Gasteiger partial charge on any atom is 0.309 e. The van der Waals surface area contributed by atoms with Crippen molar-refractivity contribution in [2.24, 2.45) is 11.5 Å². The van der Waals surface area contributed by atoms with Crippen LogP contribution in [-0.2, 0) is 21.6 Å². The van der Waals surface area contributed by atoms with E-state index in [-0.39, 0.29) is 17.1 Å². The molecule has 0 fully saturated rings. The second-order valence-electron chi connectivity index (χ2n) is 0.850. The SMILES string of the molecule is NC(N)=O.O=P([O-])([O-])[O-].[Cu]. The smallest absolute Gasteiger partial charge is 0.309 e. The van der Waals surface area contributed by atoms with E-state index in [4.69, 9.17) is 24.0 Å². The summed E-state index contributed by atoms with van der Waals surface area (Å²) in [7, 11) is -5.39. The molecule has 0 spiro atoms. The summed E-state index contributed by atoms with van der Waals surface area (Å²) in [5, 5.41) is 0. The Balaban J connectivity index is -0.0000000910. The fraction of sp³-hybridized carbons (Fsp3) is 0. The summed E-state index contributed by atoms with van der Waals surface area (Å²) < 4.78 is 8.55. The van der Waals surface area contributed by atoms with E-state index in [9.17, 15) is 0 Å². The molecule has 0 rings (SSSR count). The molecule has 0 aromatic carbocycles. The monoisotopic (exact) mass is 218 g/mol. The van der Waals surface area contributed by atoms with Crippen molar-refractivity contribution in [2.45, 2.75) is 0 Å². The van der Waals surface area contributed by atoms with Crippen LogP contribution in [0.15, 0.2) is 0 Å². The molecule has 0 aliphatic rings. The summed E-state index contributed by atoms with van der Waals surface area (Å²) >= 11 is 0. The molecule has 0 saturated heterocycles. The minimum absolute atomic E-state index is 0. The Morgan fingerprint density at radius 1 is 1.20 bits per heavy atom. The molecule has 0 aliphatic carbocycles. The van der Waals surface area contributed by atoms with Gasteiger partial charge in [-0.15, -0.1) is 0 Å². The molecule has 10 heavy (non-hydrogen) atoms. The van der Waals surface area contributed by atoms with Crippen LogP contribution in [0.4, 0.5) is 4.79 Å². The van der Waals surface area contributed by atoms with E-state index in [0.717, 1.165) is 0 Å². The molecular formula is CH4CuN2O5P-3. The number of phosphoric acid groups is 1. The first kappa shape index (κ1) is 16.5. The van der Waals surface area contributed by atoms with Crippen molar-refractivity contribution in [3.05, 3.63) is 0 Å². The van der Waals surface area contributed by atoms with Crippen molar-refractivity contribution < 1.29 is 41.1 Å². The van der Waals surface area contributed by atoms with Gasteiger partial charge in [0, 0.05) is 17.1 Å². The van der Waals surface area contributed by atoms with Crippen molar-refractivity contribution in [1.29, 1.82) is 0 Å². The van der Waals surface area contributed by atoms with Gasteiger partial charge in [0.25, 0.3) is 0 Å². The summed E-state index contributed by atoms with van der Waals surface area (Å²) in [6, 6.07) is -0.833. The van der Waals surface area contributed by atoms with Gasteiger partial charge >= 0.3 is 6.03 Å². The molecule has 2 amide bonds. The van der Waals surface area contributed by atoms with Crippen LogP contribution in [0.2, 0.25) is 0 Å². The third-order valence-corrected chi connectivity index (χ3v) is 0. The van der Waals surface area contributed by atoms with Gasteiger partial charge in [0.2, 0.25) is 0 Å². The minimum Gasteiger partial charge on any atom is -0.822 e. The Morgan fingerprint density at radius 3 is 1.20 bits per heavy atom. The standard InChI is InChI=1S/CH4N2O.Cu.H3O4P/c2-1(3)4;;1-5(2,3)4/h(H4,2,3,4);;(H3,1,2,3,4)/p-3. The van der Waals surface area contributed by atoms with E-state index in [1.54, 1.807) is 0 Å². The van der Waals surface area contributed by atoms with Gasteiger partial charge in [-0.05, 0) is 0 Å². The van der Waals surface area contributed by atoms with Crippen molar-refractivity contribution >= 4 is 13.9 Å². The van der Waals surface area contributed by atoms with E-state index in [2.05, 4.69) is 11.5 Å². The first-order valence-corrected chi connectivity index (χ1v) is 2.97. The van der Waals surface area contributed by atoms with Crippen LogP contribution in [0.3, 0.4) is 0 Å². The molecule has 0 heterocycles.